The molecule has 0 spiro atoms. The van der Waals surface area contributed by atoms with Gasteiger partial charge in [0.2, 0.25) is 0 Å². The van der Waals surface area contributed by atoms with E-state index in [1.807, 2.05) is 31.1 Å². The lowest BCUT2D eigenvalue weighted by Crippen LogP contribution is -2.30. The van der Waals surface area contributed by atoms with Crippen molar-refractivity contribution < 1.29 is 9.84 Å². The standard InChI is InChI=1S/C15H25NO2/c1-11(2)15-7-6-14(8-12(15)3)18-10-13(17)9-16(4)5/h6-8,11,13,17H,9-10H2,1-5H3. The minimum absolute atomic E-state index is 0.332. The Bertz CT molecular complexity index is 375. The molecular formula is C15H25NO2. The molecule has 18 heavy (non-hydrogen) atoms. The lowest BCUT2D eigenvalue weighted by atomic mass is 9.98. The van der Waals surface area contributed by atoms with Crippen LogP contribution in [0, 0.1) is 6.92 Å². The number of hydrogen-bond donors (Lipinski definition) is 1. The van der Waals surface area contributed by atoms with Crippen LogP contribution >= 0.6 is 0 Å². The van der Waals surface area contributed by atoms with Crippen molar-refractivity contribution >= 4 is 0 Å². The summed E-state index contributed by atoms with van der Waals surface area (Å²) in [5, 5.41) is 9.73. The zero-order chi connectivity index (χ0) is 13.7. The Morgan fingerprint density at radius 2 is 1.94 bits per heavy atom. The molecule has 1 aromatic carbocycles. The Kier molecular flexibility index (Phi) is 5.63. The summed E-state index contributed by atoms with van der Waals surface area (Å²) in [6.45, 7) is 7.41. The van der Waals surface area contributed by atoms with E-state index in [1.165, 1.54) is 11.1 Å². The Balaban J connectivity index is 2.56. The molecule has 0 aliphatic heterocycles. The molecule has 0 aliphatic rings. The number of rotatable bonds is 6. The lowest BCUT2D eigenvalue weighted by Gasteiger charge is -2.17. The molecule has 0 radical (unpaired) electrons. The van der Waals surface area contributed by atoms with Crippen LogP contribution in [0.2, 0.25) is 0 Å². The number of ether oxygens (including phenoxy) is 1. The maximum atomic E-state index is 9.73. The van der Waals surface area contributed by atoms with Gasteiger partial charge in [-0.05, 0) is 50.2 Å². The molecule has 1 N–H and O–H groups in total. The average Bonchev–Trinajstić information content (AvgIpc) is 2.25. The molecule has 0 saturated carbocycles. The molecule has 1 aromatic rings. The Morgan fingerprint density at radius 1 is 1.28 bits per heavy atom. The van der Waals surface area contributed by atoms with Gasteiger partial charge >= 0.3 is 0 Å². The number of aliphatic hydroxyl groups excluding tert-OH is 1. The molecule has 0 aromatic heterocycles. The zero-order valence-corrected chi connectivity index (χ0v) is 12.1. The third kappa shape index (κ3) is 4.67. The second kappa shape index (κ2) is 6.76. The van der Waals surface area contributed by atoms with Gasteiger partial charge in [0.15, 0.2) is 0 Å². The second-order valence-electron chi connectivity index (χ2n) is 5.40. The third-order valence-corrected chi connectivity index (χ3v) is 2.88. The molecule has 3 nitrogen and oxygen atoms in total. The minimum Gasteiger partial charge on any atom is -0.491 e. The van der Waals surface area contributed by atoms with Crippen LogP contribution in [0.4, 0.5) is 0 Å². The number of nitrogens with zero attached hydrogens (tertiary/aromatic N) is 1. The van der Waals surface area contributed by atoms with Crippen molar-refractivity contribution in [1.82, 2.24) is 4.90 Å². The Hall–Kier alpha value is -1.06. The van der Waals surface area contributed by atoms with Crippen LogP contribution in [-0.4, -0.2) is 43.4 Å². The monoisotopic (exact) mass is 251 g/mol. The number of hydrogen-bond acceptors (Lipinski definition) is 3. The van der Waals surface area contributed by atoms with E-state index in [1.54, 1.807) is 0 Å². The predicted molar refractivity (Wildman–Crippen MR) is 75.3 cm³/mol. The van der Waals surface area contributed by atoms with Gasteiger partial charge < -0.3 is 14.7 Å². The smallest absolute Gasteiger partial charge is 0.119 e. The highest BCUT2D eigenvalue weighted by molar-refractivity contribution is 5.36. The Morgan fingerprint density at radius 3 is 2.44 bits per heavy atom. The third-order valence-electron chi connectivity index (χ3n) is 2.88. The summed E-state index contributed by atoms with van der Waals surface area (Å²) >= 11 is 0. The van der Waals surface area contributed by atoms with Gasteiger partial charge in [0.25, 0.3) is 0 Å². The van der Waals surface area contributed by atoms with Crippen LogP contribution in [0.15, 0.2) is 18.2 Å². The fourth-order valence-electron chi connectivity index (χ4n) is 2.05. The van der Waals surface area contributed by atoms with Crippen molar-refractivity contribution in [2.24, 2.45) is 0 Å². The summed E-state index contributed by atoms with van der Waals surface area (Å²) < 4.78 is 5.61. The summed E-state index contributed by atoms with van der Waals surface area (Å²) in [6, 6.07) is 6.12. The lowest BCUT2D eigenvalue weighted by molar-refractivity contribution is 0.0831. The highest BCUT2D eigenvalue weighted by atomic mass is 16.5. The van der Waals surface area contributed by atoms with Gasteiger partial charge in [0, 0.05) is 6.54 Å². The topological polar surface area (TPSA) is 32.7 Å². The van der Waals surface area contributed by atoms with Crippen molar-refractivity contribution in [2.75, 3.05) is 27.2 Å². The molecule has 0 heterocycles. The minimum atomic E-state index is -0.454. The van der Waals surface area contributed by atoms with E-state index in [0.717, 1.165) is 5.75 Å². The van der Waals surface area contributed by atoms with Gasteiger partial charge in [-0.2, -0.15) is 0 Å². The summed E-state index contributed by atoms with van der Waals surface area (Å²) in [5.74, 6) is 1.35. The molecule has 1 unspecified atom stereocenters. The summed E-state index contributed by atoms with van der Waals surface area (Å²) in [4.78, 5) is 1.95. The van der Waals surface area contributed by atoms with E-state index in [9.17, 15) is 5.11 Å². The van der Waals surface area contributed by atoms with Gasteiger partial charge in [-0.1, -0.05) is 19.9 Å². The molecule has 0 amide bonds. The van der Waals surface area contributed by atoms with Gasteiger partial charge in [-0.25, -0.2) is 0 Å². The van der Waals surface area contributed by atoms with Crippen molar-refractivity contribution in [3.8, 4) is 5.75 Å². The van der Waals surface area contributed by atoms with E-state index in [-0.39, 0.29) is 0 Å². The van der Waals surface area contributed by atoms with Crippen LogP contribution < -0.4 is 4.74 Å². The fourth-order valence-corrected chi connectivity index (χ4v) is 2.05. The van der Waals surface area contributed by atoms with Crippen molar-refractivity contribution in [3.63, 3.8) is 0 Å². The molecule has 0 aliphatic carbocycles. The van der Waals surface area contributed by atoms with Crippen molar-refractivity contribution in [2.45, 2.75) is 32.8 Å². The van der Waals surface area contributed by atoms with Gasteiger partial charge in [-0.15, -0.1) is 0 Å². The van der Waals surface area contributed by atoms with Gasteiger partial charge in [0.05, 0.1) is 0 Å². The van der Waals surface area contributed by atoms with E-state index >= 15 is 0 Å². The molecule has 0 fully saturated rings. The zero-order valence-electron chi connectivity index (χ0n) is 12.1. The molecule has 3 heteroatoms. The van der Waals surface area contributed by atoms with Crippen LogP contribution in [-0.2, 0) is 0 Å². The molecule has 0 bridgehead atoms. The number of likely N-dealkylation sites (N-methyl/N-ethyl adjacent to an activating group) is 1. The van der Waals surface area contributed by atoms with Gasteiger partial charge in [-0.3, -0.25) is 0 Å². The summed E-state index contributed by atoms with van der Waals surface area (Å²) in [6.07, 6.45) is -0.454. The van der Waals surface area contributed by atoms with E-state index < -0.39 is 6.10 Å². The molecular weight excluding hydrogens is 226 g/mol. The van der Waals surface area contributed by atoms with Crippen molar-refractivity contribution in [3.05, 3.63) is 29.3 Å². The maximum absolute atomic E-state index is 9.73. The van der Waals surface area contributed by atoms with E-state index in [4.69, 9.17) is 4.74 Å². The van der Waals surface area contributed by atoms with Crippen LogP contribution in [0.5, 0.6) is 5.75 Å². The van der Waals surface area contributed by atoms with Crippen LogP contribution in [0.3, 0.4) is 0 Å². The maximum Gasteiger partial charge on any atom is 0.119 e. The second-order valence-corrected chi connectivity index (χ2v) is 5.40. The SMILES string of the molecule is Cc1cc(OCC(O)CN(C)C)ccc1C(C)C. The molecule has 1 rings (SSSR count). The first-order valence-electron chi connectivity index (χ1n) is 6.46. The van der Waals surface area contributed by atoms with Crippen LogP contribution in [0.1, 0.15) is 30.9 Å². The molecule has 0 saturated heterocycles. The fraction of sp³-hybridized carbons (Fsp3) is 0.600. The first-order chi connectivity index (χ1) is 8.40. The number of aryl methyl sites for hydroxylation is 1. The van der Waals surface area contributed by atoms with E-state index in [0.29, 0.717) is 19.1 Å². The summed E-state index contributed by atoms with van der Waals surface area (Å²) in [5.41, 5.74) is 2.58. The predicted octanol–water partition coefficient (Wildman–Crippen LogP) is 2.42. The number of aliphatic hydroxyl groups is 1. The summed E-state index contributed by atoms with van der Waals surface area (Å²) in [7, 11) is 3.87. The van der Waals surface area contributed by atoms with Crippen molar-refractivity contribution in [1.29, 1.82) is 0 Å². The molecule has 1 atom stereocenters. The number of benzene rings is 1. The first kappa shape index (κ1) is 15.0. The molecule has 102 valence electrons. The highest BCUT2D eigenvalue weighted by Gasteiger charge is 2.08. The van der Waals surface area contributed by atoms with Gasteiger partial charge in [0.1, 0.15) is 18.5 Å². The Labute approximate surface area is 110 Å². The quantitative estimate of drug-likeness (QED) is 0.843. The normalized spacial score (nSPS) is 13.1. The highest BCUT2D eigenvalue weighted by Crippen LogP contribution is 2.23. The largest absolute Gasteiger partial charge is 0.491 e. The average molecular weight is 251 g/mol. The van der Waals surface area contributed by atoms with E-state index in [2.05, 4.69) is 26.8 Å². The van der Waals surface area contributed by atoms with Crippen LogP contribution in [0.25, 0.3) is 0 Å². The first-order valence-corrected chi connectivity index (χ1v) is 6.46.